The van der Waals surface area contributed by atoms with E-state index in [1.54, 1.807) is 6.07 Å². The molecule has 4 aromatic rings. The van der Waals surface area contributed by atoms with Crippen LogP contribution in [0.3, 0.4) is 0 Å². The molecule has 192 valence electrons. The normalized spacial score (nSPS) is 11.8. The van der Waals surface area contributed by atoms with Crippen LogP contribution < -0.4 is 20.1 Å². The Balaban J connectivity index is 1.39. The zero-order chi connectivity index (χ0) is 26.4. The molecule has 3 aromatic carbocycles. The highest BCUT2D eigenvalue weighted by molar-refractivity contribution is 9.10. The number of fused-ring (bicyclic) bond motifs is 1. The number of aromatic amines is 1. The van der Waals surface area contributed by atoms with Crippen molar-refractivity contribution in [1.29, 1.82) is 0 Å². The highest BCUT2D eigenvalue weighted by Gasteiger charge is 2.20. The van der Waals surface area contributed by atoms with Gasteiger partial charge in [0.25, 0.3) is 5.91 Å². The van der Waals surface area contributed by atoms with Gasteiger partial charge in [0.05, 0.1) is 11.6 Å². The van der Waals surface area contributed by atoms with Crippen LogP contribution in [0.1, 0.15) is 16.7 Å². The lowest BCUT2D eigenvalue weighted by molar-refractivity contribution is -0.139. The van der Waals surface area contributed by atoms with Gasteiger partial charge in [0, 0.05) is 35.8 Å². The summed E-state index contributed by atoms with van der Waals surface area (Å²) in [5.41, 5.74) is 4.49. The van der Waals surface area contributed by atoms with Gasteiger partial charge in [-0.25, -0.2) is 0 Å². The molecule has 0 aliphatic rings. The minimum absolute atomic E-state index is 0.202. The zero-order valence-corrected chi connectivity index (χ0v) is 22.1. The standard InChI is InChI=1S/C28H28BrN3O5/c1-17-7-9-20(10-8-17)32-26(33)16-37-27-22(29)11-18(12-25(27)36-2)14-30-24(28(34)35)13-19-15-31-23-6-4-3-5-21(19)23/h3-12,15,24,30-31H,13-14,16H2,1-2H3,(H,32,33)(H,34,35)/t24-/m0/s1. The van der Waals surface area contributed by atoms with E-state index in [1.807, 2.05) is 67.7 Å². The summed E-state index contributed by atoms with van der Waals surface area (Å²) in [6, 6.07) is 18.1. The van der Waals surface area contributed by atoms with Crippen molar-refractivity contribution >= 4 is 44.4 Å². The summed E-state index contributed by atoms with van der Waals surface area (Å²) in [5.74, 6) is -0.419. The number of carbonyl (C=O) groups is 2. The highest BCUT2D eigenvalue weighted by atomic mass is 79.9. The number of carbonyl (C=O) groups excluding carboxylic acids is 1. The van der Waals surface area contributed by atoms with Crippen LogP contribution in [0.25, 0.3) is 10.9 Å². The average molecular weight is 566 g/mol. The summed E-state index contributed by atoms with van der Waals surface area (Å²) >= 11 is 3.49. The van der Waals surface area contributed by atoms with E-state index in [-0.39, 0.29) is 12.5 Å². The Bertz CT molecular complexity index is 1400. The van der Waals surface area contributed by atoms with E-state index in [2.05, 4.69) is 31.5 Å². The molecule has 4 rings (SSSR count). The number of aromatic nitrogens is 1. The van der Waals surface area contributed by atoms with E-state index in [9.17, 15) is 14.7 Å². The number of anilines is 1. The molecule has 0 saturated carbocycles. The Morgan fingerprint density at radius 2 is 1.86 bits per heavy atom. The van der Waals surface area contributed by atoms with E-state index in [1.165, 1.54) is 7.11 Å². The van der Waals surface area contributed by atoms with Gasteiger partial charge in [0.15, 0.2) is 18.1 Å². The van der Waals surface area contributed by atoms with E-state index >= 15 is 0 Å². The van der Waals surface area contributed by atoms with Crippen LogP contribution >= 0.6 is 15.9 Å². The Hall–Kier alpha value is -3.82. The van der Waals surface area contributed by atoms with E-state index in [4.69, 9.17) is 9.47 Å². The number of aliphatic carboxylic acids is 1. The van der Waals surface area contributed by atoms with Crippen LogP contribution in [0.15, 0.2) is 71.3 Å². The van der Waals surface area contributed by atoms with Gasteiger partial charge in [-0.3, -0.25) is 9.59 Å². The number of carboxylic acids is 1. The summed E-state index contributed by atoms with van der Waals surface area (Å²) in [7, 11) is 1.51. The molecule has 0 saturated heterocycles. The molecule has 0 aliphatic heterocycles. The lowest BCUT2D eigenvalue weighted by Gasteiger charge is -2.17. The molecule has 0 radical (unpaired) electrons. The molecule has 4 N–H and O–H groups in total. The maximum absolute atomic E-state index is 12.3. The van der Waals surface area contributed by atoms with Crippen molar-refractivity contribution in [3.63, 3.8) is 0 Å². The number of aryl methyl sites for hydroxylation is 1. The molecule has 0 unspecified atom stereocenters. The van der Waals surface area contributed by atoms with Gasteiger partial charge in [-0.2, -0.15) is 0 Å². The molecular weight excluding hydrogens is 538 g/mol. The number of halogens is 1. The first-order chi connectivity index (χ1) is 17.8. The molecule has 1 heterocycles. The minimum Gasteiger partial charge on any atom is -0.493 e. The first kappa shape index (κ1) is 26.2. The second kappa shape index (κ2) is 11.9. The van der Waals surface area contributed by atoms with Crippen molar-refractivity contribution in [2.24, 2.45) is 0 Å². The van der Waals surface area contributed by atoms with Crippen molar-refractivity contribution in [2.75, 3.05) is 19.0 Å². The van der Waals surface area contributed by atoms with Gasteiger partial charge in [-0.1, -0.05) is 35.9 Å². The van der Waals surface area contributed by atoms with Crippen molar-refractivity contribution in [2.45, 2.75) is 25.9 Å². The van der Waals surface area contributed by atoms with Crippen LogP contribution in [0.5, 0.6) is 11.5 Å². The molecule has 37 heavy (non-hydrogen) atoms. The maximum Gasteiger partial charge on any atom is 0.321 e. The Morgan fingerprint density at radius 3 is 2.59 bits per heavy atom. The molecule has 0 aliphatic carbocycles. The van der Waals surface area contributed by atoms with Crippen LogP contribution in [0, 0.1) is 6.92 Å². The summed E-state index contributed by atoms with van der Waals surface area (Å²) < 4.78 is 11.8. The summed E-state index contributed by atoms with van der Waals surface area (Å²) in [6.07, 6.45) is 2.18. The van der Waals surface area contributed by atoms with Crippen molar-refractivity contribution < 1.29 is 24.2 Å². The Labute approximate surface area is 223 Å². The number of benzene rings is 3. The maximum atomic E-state index is 12.3. The zero-order valence-electron chi connectivity index (χ0n) is 20.5. The molecule has 1 atom stereocenters. The quantitative estimate of drug-likeness (QED) is 0.202. The molecule has 9 heteroatoms. The number of methoxy groups -OCH3 is 1. The molecule has 1 aromatic heterocycles. The SMILES string of the molecule is COc1cc(CN[C@@H](Cc2c[nH]c3ccccc23)C(=O)O)cc(Br)c1OCC(=O)Nc1ccc(C)cc1. The third-order valence-corrected chi connectivity index (χ3v) is 6.51. The molecular formula is C28H28BrN3O5. The van der Waals surface area contributed by atoms with E-state index in [0.717, 1.165) is 27.6 Å². The number of carboxylic acid groups (broad SMARTS) is 1. The number of H-pyrrole nitrogens is 1. The molecule has 1 amide bonds. The van der Waals surface area contributed by atoms with Gasteiger partial charge >= 0.3 is 5.97 Å². The molecule has 0 spiro atoms. The molecule has 8 nitrogen and oxygen atoms in total. The first-order valence-corrected chi connectivity index (χ1v) is 12.5. The smallest absolute Gasteiger partial charge is 0.321 e. The molecule has 0 fully saturated rings. The number of para-hydroxylation sites is 1. The number of rotatable bonds is 11. The van der Waals surface area contributed by atoms with Gasteiger partial charge < -0.3 is 30.2 Å². The largest absolute Gasteiger partial charge is 0.493 e. The lowest BCUT2D eigenvalue weighted by Crippen LogP contribution is -2.38. The Morgan fingerprint density at radius 1 is 1.11 bits per heavy atom. The van der Waals surface area contributed by atoms with Crippen molar-refractivity contribution in [3.05, 3.63) is 88.0 Å². The van der Waals surface area contributed by atoms with Crippen LogP contribution in [-0.4, -0.2) is 41.7 Å². The fourth-order valence-electron chi connectivity index (χ4n) is 4.00. The van der Waals surface area contributed by atoms with Gasteiger partial charge in [0.2, 0.25) is 0 Å². The predicted octanol–water partition coefficient (Wildman–Crippen LogP) is 5.05. The number of nitrogens with one attached hydrogen (secondary N) is 3. The predicted molar refractivity (Wildman–Crippen MR) is 146 cm³/mol. The first-order valence-electron chi connectivity index (χ1n) is 11.7. The fourth-order valence-corrected chi connectivity index (χ4v) is 4.60. The summed E-state index contributed by atoms with van der Waals surface area (Å²) in [5, 5.41) is 16.7. The fraction of sp³-hybridized carbons (Fsp3) is 0.214. The number of amides is 1. The second-order valence-electron chi connectivity index (χ2n) is 8.65. The van der Waals surface area contributed by atoms with Crippen LogP contribution in [0.2, 0.25) is 0 Å². The topological polar surface area (TPSA) is 113 Å². The minimum atomic E-state index is -0.934. The molecule has 0 bridgehead atoms. The van der Waals surface area contributed by atoms with Crippen LogP contribution in [0.4, 0.5) is 5.69 Å². The van der Waals surface area contributed by atoms with Gasteiger partial charge in [-0.15, -0.1) is 0 Å². The van der Waals surface area contributed by atoms with E-state index in [0.29, 0.717) is 34.6 Å². The summed E-state index contributed by atoms with van der Waals surface area (Å²) in [6.45, 7) is 2.07. The van der Waals surface area contributed by atoms with Crippen molar-refractivity contribution in [1.82, 2.24) is 10.3 Å². The average Bonchev–Trinajstić information content (AvgIpc) is 3.29. The third kappa shape index (κ3) is 6.69. The van der Waals surface area contributed by atoms with Crippen molar-refractivity contribution in [3.8, 4) is 11.5 Å². The monoisotopic (exact) mass is 565 g/mol. The van der Waals surface area contributed by atoms with Gasteiger partial charge in [-0.05, 0) is 64.3 Å². The third-order valence-electron chi connectivity index (χ3n) is 5.92. The lowest BCUT2D eigenvalue weighted by atomic mass is 10.0. The highest BCUT2D eigenvalue weighted by Crippen LogP contribution is 2.36. The Kier molecular flexibility index (Phi) is 8.47. The number of hydrogen-bond donors (Lipinski definition) is 4. The van der Waals surface area contributed by atoms with E-state index < -0.39 is 12.0 Å². The van der Waals surface area contributed by atoms with Crippen LogP contribution in [-0.2, 0) is 22.6 Å². The number of ether oxygens (including phenoxy) is 2. The second-order valence-corrected chi connectivity index (χ2v) is 9.50. The summed E-state index contributed by atoms with van der Waals surface area (Å²) in [4.78, 5) is 27.5. The number of hydrogen-bond acceptors (Lipinski definition) is 5. The van der Waals surface area contributed by atoms with Gasteiger partial charge in [0.1, 0.15) is 6.04 Å².